The van der Waals surface area contributed by atoms with Crippen molar-refractivity contribution in [2.75, 3.05) is 19.1 Å². The summed E-state index contributed by atoms with van der Waals surface area (Å²) in [6, 6.07) is 9.34. The number of aryl methyl sites for hydroxylation is 1. The van der Waals surface area contributed by atoms with Crippen LogP contribution >= 0.6 is 15.9 Å². The SMILES string of the molecule is COc1cc(OC)c(/C=C2\C(=O)NC(=O)N(c3ccc(C)cc3)C2=O)cc1Br. The molecule has 0 unspecified atom stereocenters. The second-order valence-corrected chi connectivity index (χ2v) is 6.88. The van der Waals surface area contributed by atoms with E-state index in [0.717, 1.165) is 10.5 Å². The van der Waals surface area contributed by atoms with Gasteiger partial charge in [0.25, 0.3) is 11.8 Å². The van der Waals surface area contributed by atoms with Crippen molar-refractivity contribution in [3.05, 3.63) is 57.6 Å². The number of anilines is 1. The average molecular weight is 445 g/mol. The van der Waals surface area contributed by atoms with Gasteiger partial charge < -0.3 is 9.47 Å². The minimum Gasteiger partial charge on any atom is -0.496 e. The Kier molecular flexibility index (Phi) is 5.51. The number of carbonyl (C=O) groups excluding carboxylic acids is 3. The highest BCUT2D eigenvalue weighted by Gasteiger charge is 2.37. The lowest BCUT2D eigenvalue weighted by molar-refractivity contribution is -0.122. The van der Waals surface area contributed by atoms with Crippen LogP contribution in [0.1, 0.15) is 11.1 Å². The van der Waals surface area contributed by atoms with E-state index >= 15 is 0 Å². The summed E-state index contributed by atoms with van der Waals surface area (Å²) in [6.45, 7) is 1.89. The predicted octanol–water partition coefficient (Wildman–Crippen LogP) is 3.44. The second kappa shape index (κ2) is 7.85. The molecule has 0 aromatic heterocycles. The Bertz CT molecular complexity index is 998. The maximum Gasteiger partial charge on any atom is 0.335 e. The van der Waals surface area contributed by atoms with Gasteiger partial charge >= 0.3 is 6.03 Å². The molecule has 0 saturated carbocycles. The van der Waals surface area contributed by atoms with E-state index in [1.54, 1.807) is 36.4 Å². The number of hydrogen-bond acceptors (Lipinski definition) is 5. The molecule has 0 bridgehead atoms. The lowest BCUT2D eigenvalue weighted by atomic mass is 10.1. The number of nitrogens with one attached hydrogen (secondary N) is 1. The first-order valence-electron chi connectivity index (χ1n) is 8.25. The molecule has 1 N–H and O–H groups in total. The largest absolute Gasteiger partial charge is 0.496 e. The van der Waals surface area contributed by atoms with Gasteiger partial charge in [0.05, 0.1) is 24.4 Å². The molecule has 2 aromatic rings. The third-order valence-corrected chi connectivity index (χ3v) is 4.82. The number of carbonyl (C=O) groups is 3. The van der Waals surface area contributed by atoms with E-state index in [-0.39, 0.29) is 5.57 Å². The van der Waals surface area contributed by atoms with Crippen LogP contribution in [0, 0.1) is 6.92 Å². The van der Waals surface area contributed by atoms with Gasteiger partial charge in [-0.05, 0) is 47.1 Å². The first kappa shape index (κ1) is 19.6. The molecule has 1 aliphatic rings. The number of imide groups is 2. The molecule has 4 amide bonds. The Morgan fingerprint density at radius 1 is 1.00 bits per heavy atom. The summed E-state index contributed by atoms with van der Waals surface area (Å²) in [6.07, 6.45) is 1.38. The van der Waals surface area contributed by atoms with Gasteiger partial charge in [-0.2, -0.15) is 0 Å². The number of ether oxygens (including phenoxy) is 2. The van der Waals surface area contributed by atoms with Crippen molar-refractivity contribution in [2.24, 2.45) is 0 Å². The van der Waals surface area contributed by atoms with Gasteiger partial charge in [0.15, 0.2) is 0 Å². The molecule has 0 radical (unpaired) electrons. The van der Waals surface area contributed by atoms with E-state index in [2.05, 4.69) is 21.2 Å². The summed E-state index contributed by atoms with van der Waals surface area (Å²) in [5.41, 5.74) is 1.64. The van der Waals surface area contributed by atoms with E-state index in [1.165, 1.54) is 20.3 Å². The molecule has 1 saturated heterocycles. The van der Waals surface area contributed by atoms with Crippen molar-refractivity contribution in [3.8, 4) is 11.5 Å². The first-order chi connectivity index (χ1) is 13.3. The molecule has 0 aliphatic carbocycles. The number of barbiturate groups is 1. The van der Waals surface area contributed by atoms with Gasteiger partial charge in [0, 0.05) is 11.6 Å². The van der Waals surface area contributed by atoms with E-state index in [0.29, 0.717) is 27.2 Å². The molecular formula is C20H17BrN2O5. The zero-order chi connectivity index (χ0) is 20.4. The summed E-state index contributed by atoms with van der Waals surface area (Å²) >= 11 is 3.37. The molecular weight excluding hydrogens is 428 g/mol. The topological polar surface area (TPSA) is 84.9 Å². The monoisotopic (exact) mass is 444 g/mol. The van der Waals surface area contributed by atoms with E-state index in [1.807, 2.05) is 6.92 Å². The average Bonchev–Trinajstić information content (AvgIpc) is 2.66. The van der Waals surface area contributed by atoms with Gasteiger partial charge in [-0.1, -0.05) is 17.7 Å². The van der Waals surface area contributed by atoms with Crippen molar-refractivity contribution in [1.82, 2.24) is 5.32 Å². The van der Waals surface area contributed by atoms with Crippen LogP contribution in [0.3, 0.4) is 0 Å². The van der Waals surface area contributed by atoms with Crippen LogP contribution in [0.4, 0.5) is 10.5 Å². The van der Waals surface area contributed by atoms with Crippen molar-refractivity contribution in [2.45, 2.75) is 6.92 Å². The lowest BCUT2D eigenvalue weighted by Crippen LogP contribution is -2.54. The number of hydrogen-bond donors (Lipinski definition) is 1. The van der Waals surface area contributed by atoms with Crippen LogP contribution in [0.15, 0.2) is 46.4 Å². The number of benzene rings is 2. The summed E-state index contributed by atoms with van der Waals surface area (Å²) in [5, 5.41) is 2.20. The maximum absolute atomic E-state index is 12.9. The van der Waals surface area contributed by atoms with Crippen LogP contribution in [0.5, 0.6) is 11.5 Å². The summed E-state index contributed by atoms with van der Waals surface area (Å²) in [5.74, 6) is -0.541. The van der Waals surface area contributed by atoms with Gasteiger partial charge in [-0.15, -0.1) is 0 Å². The molecule has 8 heteroatoms. The van der Waals surface area contributed by atoms with Crippen LogP contribution in [-0.4, -0.2) is 32.1 Å². The van der Waals surface area contributed by atoms with Gasteiger partial charge in [-0.25, -0.2) is 9.69 Å². The van der Waals surface area contributed by atoms with Crippen LogP contribution in [-0.2, 0) is 9.59 Å². The van der Waals surface area contributed by atoms with E-state index in [9.17, 15) is 14.4 Å². The van der Waals surface area contributed by atoms with Crippen molar-refractivity contribution in [1.29, 1.82) is 0 Å². The second-order valence-electron chi connectivity index (χ2n) is 6.02. The highest BCUT2D eigenvalue weighted by atomic mass is 79.9. The fraction of sp³-hybridized carbons (Fsp3) is 0.150. The number of halogens is 1. The Hall–Kier alpha value is -3.13. The number of amides is 4. The smallest absolute Gasteiger partial charge is 0.335 e. The number of urea groups is 1. The quantitative estimate of drug-likeness (QED) is 0.576. The normalized spacial score (nSPS) is 15.6. The van der Waals surface area contributed by atoms with Gasteiger partial charge in [0.2, 0.25) is 0 Å². The molecule has 1 fully saturated rings. The molecule has 144 valence electrons. The molecule has 1 aliphatic heterocycles. The maximum atomic E-state index is 12.9. The molecule has 7 nitrogen and oxygen atoms in total. The fourth-order valence-electron chi connectivity index (χ4n) is 2.74. The van der Waals surface area contributed by atoms with Crippen molar-refractivity contribution < 1.29 is 23.9 Å². The van der Waals surface area contributed by atoms with Crippen molar-refractivity contribution in [3.63, 3.8) is 0 Å². The summed E-state index contributed by atoms with van der Waals surface area (Å²) < 4.78 is 11.2. The Labute approximate surface area is 170 Å². The Morgan fingerprint density at radius 3 is 2.25 bits per heavy atom. The van der Waals surface area contributed by atoms with Crippen LogP contribution in [0.25, 0.3) is 6.08 Å². The third-order valence-electron chi connectivity index (χ3n) is 4.20. The number of rotatable bonds is 4. The molecule has 1 heterocycles. The standard InChI is InChI=1S/C20H17BrN2O5/c1-11-4-6-13(7-5-11)23-19(25)14(18(24)22-20(23)26)8-12-9-15(21)17(28-3)10-16(12)27-2/h4-10H,1-3H3,(H,22,24,26)/b14-8+. The molecule has 28 heavy (non-hydrogen) atoms. The fourth-order valence-corrected chi connectivity index (χ4v) is 3.26. The summed E-state index contributed by atoms with van der Waals surface area (Å²) in [7, 11) is 2.98. The number of methoxy groups -OCH3 is 2. The third kappa shape index (κ3) is 3.63. The summed E-state index contributed by atoms with van der Waals surface area (Å²) in [4.78, 5) is 38.5. The highest BCUT2D eigenvalue weighted by Crippen LogP contribution is 2.34. The van der Waals surface area contributed by atoms with E-state index < -0.39 is 17.8 Å². The van der Waals surface area contributed by atoms with Crippen molar-refractivity contribution >= 4 is 45.5 Å². The minimum absolute atomic E-state index is 0.185. The molecule has 0 atom stereocenters. The Balaban J connectivity index is 2.07. The Morgan fingerprint density at radius 2 is 1.64 bits per heavy atom. The molecule has 0 spiro atoms. The number of nitrogens with zero attached hydrogens (tertiary/aromatic N) is 1. The predicted molar refractivity (Wildman–Crippen MR) is 107 cm³/mol. The molecule has 2 aromatic carbocycles. The zero-order valence-electron chi connectivity index (χ0n) is 15.4. The highest BCUT2D eigenvalue weighted by molar-refractivity contribution is 9.10. The van der Waals surface area contributed by atoms with Crippen LogP contribution in [0.2, 0.25) is 0 Å². The van der Waals surface area contributed by atoms with Gasteiger partial charge in [0.1, 0.15) is 17.1 Å². The van der Waals surface area contributed by atoms with Gasteiger partial charge in [-0.3, -0.25) is 14.9 Å². The molecule has 3 rings (SSSR count). The van der Waals surface area contributed by atoms with Crippen LogP contribution < -0.4 is 19.7 Å². The minimum atomic E-state index is -0.793. The van der Waals surface area contributed by atoms with E-state index in [4.69, 9.17) is 9.47 Å². The lowest BCUT2D eigenvalue weighted by Gasteiger charge is -2.26. The first-order valence-corrected chi connectivity index (χ1v) is 9.04. The zero-order valence-corrected chi connectivity index (χ0v) is 17.0.